The predicted molar refractivity (Wildman–Crippen MR) is 66.3 cm³/mol. The van der Waals surface area contributed by atoms with Gasteiger partial charge in [0.25, 0.3) is 0 Å². The van der Waals surface area contributed by atoms with E-state index in [9.17, 15) is 0 Å². The number of fused-ring (bicyclic) bond motifs is 1. The van der Waals surface area contributed by atoms with Crippen molar-refractivity contribution >= 4 is 17.1 Å². The van der Waals surface area contributed by atoms with E-state index in [2.05, 4.69) is 9.97 Å². The first-order chi connectivity index (χ1) is 8.78. The van der Waals surface area contributed by atoms with E-state index in [1.54, 1.807) is 24.0 Å². The topological polar surface area (TPSA) is 79.1 Å². The molecule has 6 heteroatoms. The van der Waals surface area contributed by atoms with E-state index in [0.29, 0.717) is 24.0 Å². The normalized spacial score (nSPS) is 10.9. The molecule has 6 nitrogen and oxygen atoms in total. The maximum Gasteiger partial charge on any atom is 0.215 e. The Hall–Kier alpha value is -2.50. The Kier molecular flexibility index (Phi) is 2.40. The molecule has 2 N–H and O–H groups in total. The number of aromatic nitrogens is 3. The largest absolute Gasteiger partial charge is 0.481 e. The SMILES string of the molecule is COc1ccc2nc(N)n(Cc3ccco3)c2n1. The summed E-state index contributed by atoms with van der Waals surface area (Å²) in [5.41, 5.74) is 7.31. The van der Waals surface area contributed by atoms with E-state index >= 15 is 0 Å². The lowest BCUT2D eigenvalue weighted by atomic mass is 10.4. The average molecular weight is 244 g/mol. The second kappa shape index (κ2) is 4.06. The summed E-state index contributed by atoms with van der Waals surface area (Å²) in [7, 11) is 1.57. The number of ether oxygens (including phenoxy) is 1. The van der Waals surface area contributed by atoms with Gasteiger partial charge in [-0.15, -0.1) is 0 Å². The second-order valence-corrected chi connectivity index (χ2v) is 3.83. The minimum Gasteiger partial charge on any atom is -0.481 e. The van der Waals surface area contributed by atoms with E-state index < -0.39 is 0 Å². The second-order valence-electron chi connectivity index (χ2n) is 3.83. The molecule has 0 saturated heterocycles. The first-order valence-corrected chi connectivity index (χ1v) is 5.47. The Labute approximate surface area is 103 Å². The minimum absolute atomic E-state index is 0.405. The molecule has 0 spiro atoms. The van der Waals surface area contributed by atoms with Crippen LogP contribution >= 0.6 is 0 Å². The van der Waals surface area contributed by atoms with E-state index in [1.165, 1.54) is 0 Å². The molecule has 92 valence electrons. The number of rotatable bonds is 3. The molecule has 0 aliphatic carbocycles. The molecule has 0 atom stereocenters. The molecule has 0 aliphatic heterocycles. The van der Waals surface area contributed by atoms with Crippen molar-refractivity contribution in [3.8, 4) is 5.88 Å². The molecule has 3 heterocycles. The van der Waals surface area contributed by atoms with Crippen LogP contribution in [-0.4, -0.2) is 21.6 Å². The molecular weight excluding hydrogens is 232 g/mol. The smallest absolute Gasteiger partial charge is 0.215 e. The highest BCUT2D eigenvalue weighted by molar-refractivity contribution is 5.74. The van der Waals surface area contributed by atoms with Crippen LogP contribution in [0.15, 0.2) is 34.9 Å². The van der Waals surface area contributed by atoms with Gasteiger partial charge in [-0.3, -0.25) is 4.57 Å². The highest BCUT2D eigenvalue weighted by atomic mass is 16.5. The van der Waals surface area contributed by atoms with Crippen LogP contribution in [0.25, 0.3) is 11.2 Å². The van der Waals surface area contributed by atoms with Crippen molar-refractivity contribution in [2.24, 2.45) is 0 Å². The number of nitrogens with zero attached hydrogens (tertiary/aromatic N) is 3. The van der Waals surface area contributed by atoms with Gasteiger partial charge in [0.2, 0.25) is 11.8 Å². The number of nitrogen functional groups attached to an aromatic ring is 1. The van der Waals surface area contributed by atoms with E-state index in [0.717, 1.165) is 11.3 Å². The summed E-state index contributed by atoms with van der Waals surface area (Å²) < 4.78 is 12.2. The maximum atomic E-state index is 5.89. The van der Waals surface area contributed by atoms with E-state index in [-0.39, 0.29) is 0 Å². The van der Waals surface area contributed by atoms with E-state index in [1.807, 2.05) is 18.2 Å². The lowest BCUT2D eigenvalue weighted by molar-refractivity contribution is 0.399. The fourth-order valence-electron chi connectivity index (χ4n) is 1.83. The van der Waals surface area contributed by atoms with Crippen LogP contribution in [0.4, 0.5) is 5.95 Å². The third-order valence-electron chi connectivity index (χ3n) is 2.70. The number of pyridine rings is 1. The molecule has 3 aromatic heterocycles. The molecule has 0 unspecified atom stereocenters. The Bertz CT molecular complexity index is 673. The van der Waals surface area contributed by atoms with Gasteiger partial charge in [-0.05, 0) is 18.2 Å². The highest BCUT2D eigenvalue weighted by Crippen LogP contribution is 2.20. The fraction of sp³-hybridized carbons (Fsp3) is 0.167. The summed E-state index contributed by atoms with van der Waals surface area (Å²) in [6.07, 6.45) is 1.62. The molecular formula is C12H12N4O2. The zero-order chi connectivity index (χ0) is 12.5. The summed E-state index contributed by atoms with van der Waals surface area (Å²) in [5.74, 6) is 1.73. The van der Waals surface area contributed by atoms with Crippen LogP contribution < -0.4 is 10.5 Å². The zero-order valence-electron chi connectivity index (χ0n) is 9.83. The first-order valence-electron chi connectivity index (χ1n) is 5.47. The molecule has 3 rings (SSSR count). The summed E-state index contributed by atoms with van der Waals surface area (Å²) in [6, 6.07) is 7.30. The third kappa shape index (κ3) is 1.67. The van der Waals surface area contributed by atoms with Crippen molar-refractivity contribution < 1.29 is 9.15 Å². The lowest BCUT2D eigenvalue weighted by Gasteiger charge is -2.04. The maximum absolute atomic E-state index is 5.89. The molecule has 0 saturated carbocycles. The number of imidazole rings is 1. The molecule has 0 aromatic carbocycles. The van der Waals surface area contributed by atoms with Crippen LogP contribution in [0.2, 0.25) is 0 Å². The van der Waals surface area contributed by atoms with Crippen molar-refractivity contribution in [2.45, 2.75) is 6.54 Å². The van der Waals surface area contributed by atoms with Crippen molar-refractivity contribution in [3.05, 3.63) is 36.3 Å². The van der Waals surface area contributed by atoms with Gasteiger partial charge in [0, 0.05) is 6.07 Å². The molecule has 0 radical (unpaired) electrons. The Morgan fingerprint density at radius 1 is 1.33 bits per heavy atom. The molecule has 0 bridgehead atoms. The standard InChI is InChI=1S/C12H12N4O2/c1-17-10-5-4-9-11(15-10)16(12(13)14-9)7-8-3-2-6-18-8/h2-6H,7H2,1H3,(H2,13,14). The van der Waals surface area contributed by atoms with Crippen LogP contribution in [0.3, 0.4) is 0 Å². The van der Waals surface area contributed by atoms with E-state index in [4.69, 9.17) is 14.9 Å². The number of anilines is 1. The number of hydrogen-bond donors (Lipinski definition) is 1. The van der Waals surface area contributed by atoms with Gasteiger partial charge in [0.1, 0.15) is 11.3 Å². The van der Waals surface area contributed by atoms with Crippen LogP contribution in [0, 0.1) is 0 Å². The van der Waals surface area contributed by atoms with Gasteiger partial charge in [-0.1, -0.05) is 0 Å². The van der Waals surface area contributed by atoms with Crippen molar-refractivity contribution in [1.29, 1.82) is 0 Å². The summed E-state index contributed by atoms with van der Waals surface area (Å²) in [5, 5.41) is 0. The number of hydrogen-bond acceptors (Lipinski definition) is 5. The number of nitrogens with two attached hydrogens (primary N) is 1. The predicted octanol–water partition coefficient (Wildman–Crippen LogP) is 1.66. The molecule has 3 aromatic rings. The summed E-state index contributed by atoms with van der Waals surface area (Å²) in [6.45, 7) is 0.496. The number of furan rings is 1. The summed E-state index contributed by atoms with van der Waals surface area (Å²) in [4.78, 5) is 8.60. The third-order valence-corrected chi connectivity index (χ3v) is 2.70. The fourth-order valence-corrected chi connectivity index (χ4v) is 1.83. The average Bonchev–Trinajstić information content (AvgIpc) is 2.99. The Balaban J connectivity index is 2.11. The molecule has 0 fully saturated rings. The minimum atomic E-state index is 0.405. The lowest BCUT2D eigenvalue weighted by Crippen LogP contribution is -2.04. The van der Waals surface area contributed by atoms with Crippen molar-refractivity contribution in [2.75, 3.05) is 12.8 Å². The zero-order valence-corrected chi connectivity index (χ0v) is 9.83. The van der Waals surface area contributed by atoms with Gasteiger partial charge in [0.05, 0.1) is 19.9 Å². The van der Waals surface area contributed by atoms with Crippen LogP contribution in [0.5, 0.6) is 5.88 Å². The Morgan fingerprint density at radius 3 is 2.94 bits per heavy atom. The van der Waals surface area contributed by atoms with Gasteiger partial charge in [-0.25, -0.2) is 4.98 Å². The molecule has 0 aliphatic rings. The van der Waals surface area contributed by atoms with Crippen LogP contribution in [-0.2, 0) is 6.54 Å². The monoisotopic (exact) mass is 244 g/mol. The van der Waals surface area contributed by atoms with Gasteiger partial charge < -0.3 is 14.9 Å². The molecule has 0 amide bonds. The quantitative estimate of drug-likeness (QED) is 0.758. The van der Waals surface area contributed by atoms with Gasteiger partial charge in [0.15, 0.2) is 5.65 Å². The summed E-state index contributed by atoms with van der Waals surface area (Å²) >= 11 is 0. The van der Waals surface area contributed by atoms with Gasteiger partial charge in [-0.2, -0.15) is 4.98 Å². The van der Waals surface area contributed by atoms with Crippen molar-refractivity contribution in [1.82, 2.24) is 14.5 Å². The molecule has 18 heavy (non-hydrogen) atoms. The number of methoxy groups -OCH3 is 1. The van der Waals surface area contributed by atoms with Gasteiger partial charge >= 0.3 is 0 Å². The van der Waals surface area contributed by atoms with Crippen molar-refractivity contribution in [3.63, 3.8) is 0 Å². The Morgan fingerprint density at radius 2 is 2.22 bits per heavy atom. The van der Waals surface area contributed by atoms with Crippen LogP contribution in [0.1, 0.15) is 5.76 Å². The first kappa shape index (κ1) is 10.6. The highest BCUT2D eigenvalue weighted by Gasteiger charge is 2.11.